The number of carbonyl (C=O) groups excluding carboxylic acids is 1. The highest BCUT2D eigenvalue weighted by molar-refractivity contribution is 7.14. The maximum absolute atomic E-state index is 13.7. The average molecular weight is 510 g/mol. The van der Waals surface area contributed by atoms with E-state index in [4.69, 9.17) is 0 Å². The second-order valence-corrected chi connectivity index (χ2v) is 10.2. The Morgan fingerprint density at radius 3 is 2.70 bits per heavy atom. The van der Waals surface area contributed by atoms with Crippen LogP contribution in [0.15, 0.2) is 61.3 Å². The number of carbonyl (C=O) groups is 1. The topological polar surface area (TPSA) is 112 Å². The van der Waals surface area contributed by atoms with Crippen LogP contribution in [0.4, 0.5) is 10.1 Å². The van der Waals surface area contributed by atoms with Crippen LogP contribution in [0.3, 0.4) is 0 Å². The number of thiophene rings is 1. The van der Waals surface area contributed by atoms with Gasteiger partial charge in [0.2, 0.25) is 5.91 Å². The van der Waals surface area contributed by atoms with Crippen molar-refractivity contribution in [2.24, 2.45) is 5.92 Å². The lowest BCUT2D eigenvalue weighted by molar-refractivity contribution is -0.122. The largest absolute Gasteiger partial charge is 0.352 e. The molecule has 0 aromatic carbocycles. The zero-order chi connectivity index (χ0) is 24.9. The van der Waals surface area contributed by atoms with E-state index in [0.29, 0.717) is 5.69 Å². The highest BCUT2D eigenvalue weighted by Gasteiger charge is 2.25. The molecule has 1 saturated carbocycles. The lowest BCUT2D eigenvalue weighted by Gasteiger charge is -2.24. The van der Waals surface area contributed by atoms with E-state index in [1.54, 1.807) is 37.1 Å². The molecule has 8 nitrogen and oxygen atoms in total. The first-order chi connectivity index (χ1) is 18.1. The van der Waals surface area contributed by atoms with Crippen LogP contribution < -0.4 is 5.32 Å². The molecule has 0 aliphatic heterocycles. The van der Waals surface area contributed by atoms with E-state index in [0.717, 1.165) is 85.5 Å². The fourth-order valence-corrected chi connectivity index (χ4v) is 5.43. The van der Waals surface area contributed by atoms with Crippen LogP contribution in [0, 0.1) is 11.0 Å². The lowest BCUT2D eigenvalue weighted by Crippen LogP contribution is -2.28. The second kappa shape index (κ2) is 8.59. The van der Waals surface area contributed by atoms with Gasteiger partial charge in [-0.05, 0) is 43.2 Å². The number of rotatable bonds is 5. The van der Waals surface area contributed by atoms with Gasteiger partial charge in [-0.25, -0.2) is 0 Å². The summed E-state index contributed by atoms with van der Waals surface area (Å²) >= 11 is 1.09. The number of pyridine rings is 3. The standard InChI is InChI=1S/C27H20FN7OS/c28-25-5-4-24(37-25)19-11-30-12-22-17(19)7-21(33-22)26-18-8-20(31-13-23(18)34-35-26)15-6-16(10-29-9-15)32-27(36)14-2-1-3-14/h4-14,33H,1-3H2,(H,32,36)(H,34,35). The van der Waals surface area contributed by atoms with Crippen molar-refractivity contribution in [2.75, 3.05) is 5.32 Å². The zero-order valence-corrected chi connectivity index (χ0v) is 20.3. The number of fused-ring (bicyclic) bond motifs is 2. The van der Waals surface area contributed by atoms with E-state index in [2.05, 4.69) is 35.5 Å². The summed E-state index contributed by atoms with van der Waals surface area (Å²) in [5, 5.41) is 12.2. The van der Waals surface area contributed by atoms with Crippen molar-refractivity contribution in [3.63, 3.8) is 0 Å². The van der Waals surface area contributed by atoms with E-state index in [1.165, 1.54) is 6.07 Å². The van der Waals surface area contributed by atoms with Gasteiger partial charge in [0, 0.05) is 45.1 Å². The summed E-state index contributed by atoms with van der Waals surface area (Å²) in [6.45, 7) is 0. The maximum Gasteiger partial charge on any atom is 0.227 e. The van der Waals surface area contributed by atoms with Gasteiger partial charge in [-0.1, -0.05) is 6.42 Å². The third kappa shape index (κ3) is 3.86. The first kappa shape index (κ1) is 21.8. The Kier molecular flexibility index (Phi) is 5.07. The molecule has 1 aliphatic carbocycles. The molecular weight excluding hydrogens is 489 g/mol. The Morgan fingerprint density at radius 1 is 1.00 bits per heavy atom. The molecule has 0 unspecified atom stereocenters. The number of amides is 1. The van der Waals surface area contributed by atoms with Crippen LogP contribution in [0.2, 0.25) is 0 Å². The molecule has 182 valence electrons. The molecule has 0 atom stereocenters. The van der Waals surface area contributed by atoms with Crippen molar-refractivity contribution in [3.8, 4) is 33.1 Å². The van der Waals surface area contributed by atoms with Gasteiger partial charge in [0.1, 0.15) is 5.69 Å². The Labute approximate surface area is 214 Å². The predicted octanol–water partition coefficient (Wildman–Crippen LogP) is 6.17. The number of aromatic nitrogens is 6. The first-order valence-corrected chi connectivity index (χ1v) is 12.8. The molecule has 37 heavy (non-hydrogen) atoms. The van der Waals surface area contributed by atoms with Crippen molar-refractivity contribution in [1.82, 2.24) is 30.1 Å². The van der Waals surface area contributed by atoms with Crippen LogP contribution in [0.5, 0.6) is 0 Å². The third-order valence-electron chi connectivity index (χ3n) is 6.86. The Hall–Kier alpha value is -4.44. The van der Waals surface area contributed by atoms with Crippen LogP contribution >= 0.6 is 11.3 Å². The van der Waals surface area contributed by atoms with Crippen molar-refractivity contribution in [1.29, 1.82) is 0 Å². The molecule has 1 aliphatic rings. The van der Waals surface area contributed by atoms with E-state index in [9.17, 15) is 9.18 Å². The fourth-order valence-electron chi connectivity index (χ4n) is 4.68. The number of halogens is 1. The molecule has 6 aromatic rings. The van der Waals surface area contributed by atoms with Crippen molar-refractivity contribution >= 4 is 44.7 Å². The molecule has 0 radical (unpaired) electrons. The van der Waals surface area contributed by atoms with Crippen molar-refractivity contribution < 1.29 is 9.18 Å². The molecule has 6 aromatic heterocycles. The Bertz CT molecular complexity index is 1800. The van der Waals surface area contributed by atoms with E-state index < -0.39 is 0 Å². The molecule has 0 bridgehead atoms. The Balaban J connectivity index is 1.26. The number of aromatic amines is 2. The summed E-state index contributed by atoms with van der Waals surface area (Å²) in [4.78, 5) is 29.8. The molecule has 10 heteroatoms. The quantitative estimate of drug-likeness (QED) is 0.257. The third-order valence-corrected chi connectivity index (χ3v) is 7.77. The number of nitrogens with zero attached hydrogens (tertiary/aromatic N) is 4. The minimum absolute atomic E-state index is 0.0451. The van der Waals surface area contributed by atoms with Crippen LogP contribution in [0.25, 0.3) is 54.9 Å². The number of H-pyrrole nitrogens is 2. The van der Waals surface area contributed by atoms with Gasteiger partial charge in [0.25, 0.3) is 0 Å². The molecule has 6 heterocycles. The van der Waals surface area contributed by atoms with Gasteiger partial charge in [0.05, 0.1) is 46.7 Å². The zero-order valence-electron chi connectivity index (χ0n) is 19.5. The predicted molar refractivity (Wildman–Crippen MR) is 141 cm³/mol. The number of nitrogens with one attached hydrogen (secondary N) is 3. The van der Waals surface area contributed by atoms with Gasteiger partial charge in [0.15, 0.2) is 5.13 Å². The number of hydrogen-bond acceptors (Lipinski definition) is 6. The Morgan fingerprint density at radius 2 is 1.89 bits per heavy atom. The van der Waals surface area contributed by atoms with E-state index >= 15 is 0 Å². The smallest absolute Gasteiger partial charge is 0.227 e. The number of anilines is 1. The van der Waals surface area contributed by atoms with E-state index in [1.807, 2.05) is 18.2 Å². The average Bonchev–Trinajstić information content (AvgIpc) is 3.60. The van der Waals surface area contributed by atoms with Gasteiger partial charge in [-0.2, -0.15) is 9.49 Å². The normalized spacial score (nSPS) is 13.8. The molecule has 7 rings (SSSR count). The molecule has 0 saturated heterocycles. The second-order valence-electron chi connectivity index (χ2n) is 9.20. The van der Waals surface area contributed by atoms with Gasteiger partial charge < -0.3 is 10.3 Å². The summed E-state index contributed by atoms with van der Waals surface area (Å²) in [7, 11) is 0. The fraction of sp³-hybridized carbons (Fsp3) is 0.148. The van der Waals surface area contributed by atoms with Crippen LogP contribution in [-0.2, 0) is 4.79 Å². The van der Waals surface area contributed by atoms with Gasteiger partial charge in [-0.15, -0.1) is 11.3 Å². The first-order valence-electron chi connectivity index (χ1n) is 12.0. The van der Waals surface area contributed by atoms with E-state index in [-0.39, 0.29) is 17.0 Å². The van der Waals surface area contributed by atoms with Crippen molar-refractivity contribution in [3.05, 3.63) is 66.4 Å². The summed E-state index contributed by atoms with van der Waals surface area (Å²) < 4.78 is 13.7. The summed E-state index contributed by atoms with van der Waals surface area (Å²) in [5.41, 5.74) is 6.21. The highest BCUT2D eigenvalue weighted by Crippen LogP contribution is 2.36. The maximum atomic E-state index is 13.7. The van der Waals surface area contributed by atoms with Gasteiger partial charge in [-0.3, -0.25) is 24.8 Å². The number of hydrogen-bond donors (Lipinski definition) is 3. The molecule has 3 N–H and O–H groups in total. The van der Waals surface area contributed by atoms with Crippen LogP contribution in [0.1, 0.15) is 19.3 Å². The van der Waals surface area contributed by atoms with Crippen molar-refractivity contribution in [2.45, 2.75) is 19.3 Å². The molecular formula is C27H20FN7OS. The summed E-state index contributed by atoms with van der Waals surface area (Å²) in [6, 6.07) is 9.09. The minimum atomic E-state index is -0.234. The summed E-state index contributed by atoms with van der Waals surface area (Å²) in [5.74, 6) is 0.140. The van der Waals surface area contributed by atoms with Gasteiger partial charge >= 0.3 is 0 Å². The minimum Gasteiger partial charge on any atom is -0.352 e. The highest BCUT2D eigenvalue weighted by atomic mass is 32.1. The summed E-state index contributed by atoms with van der Waals surface area (Å²) in [6.07, 6.45) is 11.6. The molecule has 0 spiro atoms. The monoisotopic (exact) mass is 509 g/mol. The van der Waals surface area contributed by atoms with Crippen LogP contribution in [-0.4, -0.2) is 36.0 Å². The molecule has 1 amide bonds. The molecule has 1 fully saturated rings. The lowest BCUT2D eigenvalue weighted by atomic mass is 9.85. The SMILES string of the molecule is O=C(Nc1cncc(-c2cc3c(-c4cc5c(-c6ccc(F)s6)cncc5[nH]4)n[nH]c3cn2)c1)C1CCC1.